The summed E-state index contributed by atoms with van der Waals surface area (Å²) >= 11 is 0. The van der Waals surface area contributed by atoms with E-state index < -0.39 is 6.10 Å². The molecule has 0 bridgehead atoms. The van der Waals surface area contributed by atoms with E-state index in [-0.39, 0.29) is 12.6 Å². The second-order valence-corrected chi connectivity index (χ2v) is 3.98. The van der Waals surface area contributed by atoms with Crippen molar-refractivity contribution < 1.29 is 14.6 Å². The molecule has 3 N–H and O–H groups in total. The number of ether oxygens (including phenoxy) is 2. The molecular formula is C13H21NO3. The first-order valence-corrected chi connectivity index (χ1v) is 5.87. The van der Waals surface area contributed by atoms with E-state index in [1.807, 2.05) is 38.1 Å². The summed E-state index contributed by atoms with van der Waals surface area (Å²) in [5, 5.41) is 9.51. The predicted molar refractivity (Wildman–Crippen MR) is 67.0 cm³/mol. The normalized spacial score (nSPS) is 14.4. The van der Waals surface area contributed by atoms with E-state index in [2.05, 4.69) is 0 Å². The lowest BCUT2D eigenvalue weighted by Crippen LogP contribution is -2.23. The summed E-state index contributed by atoms with van der Waals surface area (Å²) in [5.74, 6) is 0.727. The third kappa shape index (κ3) is 5.17. The molecule has 1 aromatic rings. The Bertz CT molecular complexity index is 311. The number of hydrogen-bond acceptors (Lipinski definition) is 4. The lowest BCUT2D eigenvalue weighted by molar-refractivity contribution is 0.0164. The Morgan fingerprint density at radius 3 is 2.41 bits per heavy atom. The van der Waals surface area contributed by atoms with Crippen molar-refractivity contribution >= 4 is 0 Å². The van der Waals surface area contributed by atoms with E-state index in [1.165, 1.54) is 0 Å². The highest BCUT2D eigenvalue weighted by molar-refractivity contribution is 5.28. The molecule has 0 saturated carbocycles. The first-order chi connectivity index (χ1) is 8.13. The van der Waals surface area contributed by atoms with Gasteiger partial charge < -0.3 is 20.3 Å². The number of aliphatic hydroxyl groups excluding tert-OH is 1. The molecule has 0 radical (unpaired) electrons. The molecule has 0 aliphatic carbocycles. The number of aliphatic hydroxyl groups is 1. The van der Waals surface area contributed by atoms with Crippen LogP contribution in [0, 0.1) is 0 Å². The van der Waals surface area contributed by atoms with Crippen LogP contribution in [-0.2, 0) is 4.74 Å². The summed E-state index contributed by atoms with van der Waals surface area (Å²) < 4.78 is 10.5. The van der Waals surface area contributed by atoms with Gasteiger partial charge in [0.05, 0.1) is 6.61 Å². The van der Waals surface area contributed by atoms with Crippen LogP contribution in [0.15, 0.2) is 24.3 Å². The van der Waals surface area contributed by atoms with Crippen molar-refractivity contribution in [3.63, 3.8) is 0 Å². The van der Waals surface area contributed by atoms with Gasteiger partial charge in [-0.15, -0.1) is 0 Å². The first kappa shape index (κ1) is 14.0. The highest BCUT2D eigenvalue weighted by Crippen LogP contribution is 2.16. The van der Waals surface area contributed by atoms with Crippen molar-refractivity contribution in [1.29, 1.82) is 0 Å². The van der Waals surface area contributed by atoms with Crippen molar-refractivity contribution in [3.05, 3.63) is 29.8 Å². The molecule has 2 atom stereocenters. The first-order valence-electron chi connectivity index (χ1n) is 5.87. The average molecular weight is 239 g/mol. The summed E-state index contributed by atoms with van der Waals surface area (Å²) in [4.78, 5) is 0. The third-order valence-corrected chi connectivity index (χ3v) is 2.36. The van der Waals surface area contributed by atoms with Gasteiger partial charge in [0.2, 0.25) is 0 Å². The largest absolute Gasteiger partial charge is 0.491 e. The molecule has 0 amide bonds. The van der Waals surface area contributed by atoms with Crippen molar-refractivity contribution in [2.75, 3.05) is 19.8 Å². The van der Waals surface area contributed by atoms with Gasteiger partial charge >= 0.3 is 0 Å². The van der Waals surface area contributed by atoms with Crippen LogP contribution in [0.3, 0.4) is 0 Å². The fourth-order valence-corrected chi connectivity index (χ4v) is 1.36. The molecule has 1 aromatic carbocycles. The lowest BCUT2D eigenvalue weighted by Gasteiger charge is -2.13. The molecule has 0 aliphatic heterocycles. The molecule has 4 nitrogen and oxygen atoms in total. The molecule has 1 unspecified atom stereocenters. The maximum absolute atomic E-state index is 9.51. The fraction of sp³-hybridized carbons (Fsp3) is 0.538. The summed E-state index contributed by atoms with van der Waals surface area (Å²) in [6.07, 6.45) is -0.594. The van der Waals surface area contributed by atoms with Crippen LogP contribution in [0.1, 0.15) is 25.5 Å². The van der Waals surface area contributed by atoms with Crippen LogP contribution in [0.2, 0.25) is 0 Å². The topological polar surface area (TPSA) is 64.7 Å². The average Bonchev–Trinajstić information content (AvgIpc) is 2.34. The van der Waals surface area contributed by atoms with Gasteiger partial charge in [0, 0.05) is 12.6 Å². The number of nitrogens with two attached hydrogens (primary N) is 1. The molecule has 0 fully saturated rings. The Morgan fingerprint density at radius 2 is 1.88 bits per heavy atom. The van der Waals surface area contributed by atoms with Crippen LogP contribution in [0.5, 0.6) is 5.75 Å². The lowest BCUT2D eigenvalue weighted by atomic mass is 10.1. The van der Waals surface area contributed by atoms with Crippen LogP contribution in [0.25, 0.3) is 0 Å². The van der Waals surface area contributed by atoms with E-state index in [0.717, 1.165) is 11.3 Å². The molecular weight excluding hydrogens is 218 g/mol. The van der Waals surface area contributed by atoms with E-state index in [9.17, 15) is 5.11 Å². The van der Waals surface area contributed by atoms with Gasteiger partial charge in [-0.25, -0.2) is 0 Å². The maximum atomic E-state index is 9.51. The van der Waals surface area contributed by atoms with E-state index in [0.29, 0.717) is 13.2 Å². The SMILES string of the molecule is CCOCC(O)COc1ccc([C@@H](C)N)cc1. The van der Waals surface area contributed by atoms with Gasteiger partial charge in [-0.2, -0.15) is 0 Å². The van der Waals surface area contributed by atoms with Gasteiger partial charge in [0.15, 0.2) is 0 Å². The molecule has 0 saturated heterocycles. The second-order valence-electron chi connectivity index (χ2n) is 3.98. The minimum absolute atomic E-state index is 0.0209. The Morgan fingerprint density at radius 1 is 1.24 bits per heavy atom. The Labute approximate surface area is 102 Å². The molecule has 1 rings (SSSR count). The monoisotopic (exact) mass is 239 g/mol. The van der Waals surface area contributed by atoms with Gasteiger partial charge in [-0.3, -0.25) is 0 Å². The molecule has 0 aromatic heterocycles. The van der Waals surface area contributed by atoms with Crippen LogP contribution < -0.4 is 10.5 Å². The summed E-state index contributed by atoms with van der Waals surface area (Å²) in [5.41, 5.74) is 6.81. The molecule has 0 heterocycles. The maximum Gasteiger partial charge on any atom is 0.119 e. The van der Waals surface area contributed by atoms with Gasteiger partial charge in [-0.1, -0.05) is 12.1 Å². The van der Waals surface area contributed by atoms with Crippen molar-refractivity contribution in [2.45, 2.75) is 26.0 Å². The minimum Gasteiger partial charge on any atom is -0.491 e. The number of rotatable bonds is 7. The van der Waals surface area contributed by atoms with Crippen LogP contribution in [-0.4, -0.2) is 31.0 Å². The van der Waals surface area contributed by atoms with Crippen LogP contribution in [0.4, 0.5) is 0 Å². The van der Waals surface area contributed by atoms with Crippen molar-refractivity contribution in [2.24, 2.45) is 5.73 Å². The predicted octanol–water partition coefficient (Wildman–Crippen LogP) is 1.48. The summed E-state index contributed by atoms with van der Waals surface area (Å²) in [6.45, 7) is 4.95. The smallest absolute Gasteiger partial charge is 0.119 e. The number of benzene rings is 1. The third-order valence-electron chi connectivity index (χ3n) is 2.36. The van der Waals surface area contributed by atoms with Crippen molar-refractivity contribution in [3.8, 4) is 5.75 Å². The minimum atomic E-state index is -0.594. The molecule has 96 valence electrons. The zero-order valence-corrected chi connectivity index (χ0v) is 10.4. The zero-order chi connectivity index (χ0) is 12.7. The Hall–Kier alpha value is -1.10. The zero-order valence-electron chi connectivity index (χ0n) is 10.4. The number of hydrogen-bond donors (Lipinski definition) is 2. The molecule has 17 heavy (non-hydrogen) atoms. The highest BCUT2D eigenvalue weighted by Gasteiger charge is 2.05. The van der Waals surface area contributed by atoms with Crippen LogP contribution >= 0.6 is 0 Å². The van der Waals surface area contributed by atoms with E-state index in [4.69, 9.17) is 15.2 Å². The standard InChI is InChI=1S/C13H21NO3/c1-3-16-8-12(15)9-17-13-6-4-11(5-7-13)10(2)14/h4-7,10,12,15H,3,8-9,14H2,1-2H3/t10-,12?/m1/s1. The Kier molecular flexibility index (Phi) is 5.97. The van der Waals surface area contributed by atoms with E-state index >= 15 is 0 Å². The quantitative estimate of drug-likeness (QED) is 0.756. The fourth-order valence-electron chi connectivity index (χ4n) is 1.36. The second kappa shape index (κ2) is 7.27. The molecule has 4 heteroatoms. The highest BCUT2D eigenvalue weighted by atomic mass is 16.5. The van der Waals surface area contributed by atoms with Gasteiger partial charge in [0.25, 0.3) is 0 Å². The van der Waals surface area contributed by atoms with Gasteiger partial charge in [-0.05, 0) is 31.5 Å². The molecule has 0 spiro atoms. The summed E-state index contributed by atoms with van der Waals surface area (Å²) in [7, 11) is 0. The molecule has 0 aliphatic rings. The summed E-state index contributed by atoms with van der Waals surface area (Å²) in [6, 6.07) is 7.58. The van der Waals surface area contributed by atoms with Crippen molar-refractivity contribution in [1.82, 2.24) is 0 Å². The van der Waals surface area contributed by atoms with E-state index in [1.54, 1.807) is 0 Å². The van der Waals surface area contributed by atoms with Gasteiger partial charge in [0.1, 0.15) is 18.5 Å². The Balaban J connectivity index is 2.36.